The Morgan fingerprint density at radius 1 is 1.03 bits per heavy atom. The number of hydrogen-bond donors (Lipinski definition) is 1. The molecule has 0 unspecified atom stereocenters. The van der Waals surface area contributed by atoms with Gasteiger partial charge < -0.3 is 10.2 Å². The second-order valence-electron chi connectivity index (χ2n) is 9.27. The van der Waals surface area contributed by atoms with Gasteiger partial charge in [-0.15, -0.1) is 0 Å². The summed E-state index contributed by atoms with van der Waals surface area (Å²) in [5.41, 5.74) is 3.18. The summed E-state index contributed by atoms with van der Waals surface area (Å²) in [6.07, 6.45) is 1.51. The number of hydrogen-bond acceptors (Lipinski definition) is 4. The molecule has 0 saturated carbocycles. The SMILES string of the molecule is Cc1cccc(N(CCCC(=O)N(Cc2ccc(Cl)c(Cl)c2)[C@H](C)C(=O)NC(C)C)S(C)(=O)=O)c1C. The molecule has 0 bridgehead atoms. The topological polar surface area (TPSA) is 86.8 Å². The molecule has 0 aliphatic heterocycles. The lowest BCUT2D eigenvalue weighted by molar-refractivity contribution is -0.140. The molecule has 36 heavy (non-hydrogen) atoms. The first kappa shape index (κ1) is 29.9. The zero-order valence-corrected chi connectivity index (χ0v) is 24.0. The van der Waals surface area contributed by atoms with Crippen LogP contribution in [-0.2, 0) is 26.2 Å². The highest BCUT2D eigenvalue weighted by atomic mass is 35.5. The van der Waals surface area contributed by atoms with Crippen LogP contribution in [0.15, 0.2) is 36.4 Å². The van der Waals surface area contributed by atoms with Crippen molar-refractivity contribution < 1.29 is 18.0 Å². The van der Waals surface area contributed by atoms with Crippen LogP contribution in [0.1, 0.15) is 50.3 Å². The molecule has 10 heteroatoms. The fraction of sp³-hybridized carbons (Fsp3) is 0.462. The number of sulfonamides is 1. The minimum Gasteiger partial charge on any atom is -0.352 e. The number of nitrogens with zero attached hydrogens (tertiary/aromatic N) is 2. The molecule has 1 N–H and O–H groups in total. The highest BCUT2D eigenvalue weighted by Crippen LogP contribution is 2.26. The van der Waals surface area contributed by atoms with E-state index in [2.05, 4.69) is 5.32 Å². The highest BCUT2D eigenvalue weighted by molar-refractivity contribution is 7.92. The van der Waals surface area contributed by atoms with E-state index in [1.54, 1.807) is 31.2 Å². The molecule has 198 valence electrons. The van der Waals surface area contributed by atoms with Crippen LogP contribution in [0, 0.1) is 13.8 Å². The molecule has 0 fully saturated rings. The van der Waals surface area contributed by atoms with E-state index in [4.69, 9.17) is 23.2 Å². The predicted molar refractivity (Wildman–Crippen MR) is 147 cm³/mol. The molecule has 2 amide bonds. The Morgan fingerprint density at radius 3 is 2.28 bits per heavy atom. The second kappa shape index (κ2) is 12.8. The number of rotatable bonds is 11. The quantitative estimate of drug-likeness (QED) is 0.418. The lowest BCUT2D eigenvalue weighted by Gasteiger charge is -2.30. The number of carbonyl (C=O) groups excluding carboxylic acids is 2. The van der Waals surface area contributed by atoms with Crippen molar-refractivity contribution in [3.8, 4) is 0 Å². The van der Waals surface area contributed by atoms with Gasteiger partial charge in [-0.05, 0) is 75.9 Å². The van der Waals surface area contributed by atoms with Crippen LogP contribution in [0.2, 0.25) is 10.0 Å². The van der Waals surface area contributed by atoms with Crippen LogP contribution in [0.3, 0.4) is 0 Å². The van der Waals surface area contributed by atoms with Crippen molar-refractivity contribution in [2.24, 2.45) is 0 Å². The Kier molecular flexibility index (Phi) is 10.6. The summed E-state index contributed by atoms with van der Waals surface area (Å²) in [6.45, 7) is 9.48. The number of carbonyl (C=O) groups is 2. The molecule has 0 spiro atoms. The zero-order valence-electron chi connectivity index (χ0n) is 21.6. The molecule has 0 aromatic heterocycles. The number of benzene rings is 2. The van der Waals surface area contributed by atoms with Gasteiger partial charge in [0.1, 0.15) is 6.04 Å². The smallest absolute Gasteiger partial charge is 0.242 e. The Hall–Kier alpha value is -2.29. The molecule has 0 heterocycles. The summed E-state index contributed by atoms with van der Waals surface area (Å²) in [6, 6.07) is 9.76. The summed E-state index contributed by atoms with van der Waals surface area (Å²) in [7, 11) is -3.56. The van der Waals surface area contributed by atoms with Crippen molar-refractivity contribution in [2.75, 3.05) is 17.1 Å². The molecule has 0 aliphatic carbocycles. The molecule has 2 rings (SSSR count). The maximum absolute atomic E-state index is 13.3. The molecule has 0 radical (unpaired) electrons. The number of halogens is 2. The van der Waals surface area contributed by atoms with Gasteiger partial charge in [0.2, 0.25) is 21.8 Å². The summed E-state index contributed by atoms with van der Waals surface area (Å²) >= 11 is 12.2. The standard InChI is InChI=1S/C26H35Cl2N3O4S/c1-17(2)29-26(33)20(5)30(16-21-12-13-22(27)23(28)15-21)25(32)11-8-14-31(36(6,34)35)24-10-7-9-18(3)19(24)4/h7,9-10,12-13,15,17,20H,8,11,14,16H2,1-6H3,(H,29,33)/t20-/m1/s1. The van der Waals surface area contributed by atoms with Crippen molar-refractivity contribution in [3.05, 3.63) is 63.1 Å². The van der Waals surface area contributed by atoms with Gasteiger partial charge in [0.05, 0.1) is 22.0 Å². The van der Waals surface area contributed by atoms with E-state index in [1.807, 2.05) is 39.8 Å². The minimum absolute atomic E-state index is 0.0670. The van der Waals surface area contributed by atoms with E-state index >= 15 is 0 Å². The maximum atomic E-state index is 13.3. The monoisotopic (exact) mass is 555 g/mol. The second-order valence-corrected chi connectivity index (χ2v) is 12.0. The van der Waals surface area contributed by atoms with E-state index in [1.165, 1.54) is 9.21 Å². The van der Waals surface area contributed by atoms with Gasteiger partial charge in [0, 0.05) is 25.6 Å². The number of anilines is 1. The first-order valence-corrected chi connectivity index (χ1v) is 14.4. The van der Waals surface area contributed by atoms with Crippen molar-refractivity contribution in [1.29, 1.82) is 0 Å². The summed E-state index contributed by atoms with van der Waals surface area (Å²) < 4.78 is 26.5. The average molecular weight is 557 g/mol. The normalized spacial score (nSPS) is 12.4. The molecule has 0 aliphatic rings. The van der Waals surface area contributed by atoms with E-state index < -0.39 is 16.1 Å². The first-order valence-electron chi connectivity index (χ1n) is 11.8. The van der Waals surface area contributed by atoms with Gasteiger partial charge >= 0.3 is 0 Å². The number of amides is 2. The Balaban J connectivity index is 2.23. The third kappa shape index (κ3) is 8.11. The third-order valence-electron chi connectivity index (χ3n) is 5.93. The Morgan fingerprint density at radius 2 is 1.69 bits per heavy atom. The molecule has 0 saturated heterocycles. The fourth-order valence-electron chi connectivity index (χ4n) is 3.81. The fourth-order valence-corrected chi connectivity index (χ4v) is 5.15. The van der Waals surface area contributed by atoms with E-state index in [0.29, 0.717) is 15.7 Å². The minimum atomic E-state index is -3.56. The number of nitrogens with one attached hydrogen (secondary N) is 1. The molecule has 7 nitrogen and oxygen atoms in total. The molecular weight excluding hydrogens is 521 g/mol. The van der Waals surface area contributed by atoms with Crippen molar-refractivity contribution in [3.63, 3.8) is 0 Å². The Bertz CT molecular complexity index is 1200. The molecule has 2 aromatic carbocycles. The van der Waals surface area contributed by atoms with Gasteiger partial charge in [-0.1, -0.05) is 41.4 Å². The van der Waals surface area contributed by atoms with Crippen LogP contribution in [0.5, 0.6) is 0 Å². The van der Waals surface area contributed by atoms with E-state index in [9.17, 15) is 18.0 Å². The van der Waals surface area contributed by atoms with Crippen molar-refractivity contribution in [1.82, 2.24) is 10.2 Å². The van der Waals surface area contributed by atoms with E-state index in [-0.39, 0.29) is 43.8 Å². The third-order valence-corrected chi connectivity index (χ3v) is 7.85. The maximum Gasteiger partial charge on any atom is 0.242 e. The van der Waals surface area contributed by atoms with Crippen LogP contribution < -0.4 is 9.62 Å². The molecule has 1 atom stereocenters. The van der Waals surface area contributed by atoms with Crippen LogP contribution in [0.4, 0.5) is 5.69 Å². The Labute approximate surface area is 224 Å². The summed E-state index contributed by atoms with van der Waals surface area (Å²) in [5, 5.41) is 3.60. The van der Waals surface area contributed by atoms with E-state index in [0.717, 1.165) is 22.9 Å². The zero-order chi connectivity index (χ0) is 27.2. The van der Waals surface area contributed by atoms with Gasteiger partial charge in [-0.3, -0.25) is 13.9 Å². The highest BCUT2D eigenvalue weighted by Gasteiger charge is 2.27. The van der Waals surface area contributed by atoms with Gasteiger partial charge in [-0.25, -0.2) is 8.42 Å². The lowest BCUT2D eigenvalue weighted by Crippen LogP contribution is -2.49. The predicted octanol–water partition coefficient (Wildman–Crippen LogP) is 5.10. The van der Waals surface area contributed by atoms with Crippen LogP contribution in [0.25, 0.3) is 0 Å². The number of aryl methyl sites for hydroxylation is 1. The van der Waals surface area contributed by atoms with Crippen LogP contribution in [-0.4, -0.2) is 50.0 Å². The van der Waals surface area contributed by atoms with Gasteiger partial charge in [0.15, 0.2) is 0 Å². The van der Waals surface area contributed by atoms with Crippen LogP contribution >= 0.6 is 23.2 Å². The van der Waals surface area contributed by atoms with Crippen molar-refractivity contribution >= 4 is 50.7 Å². The summed E-state index contributed by atoms with van der Waals surface area (Å²) in [5.74, 6) is -0.534. The summed E-state index contributed by atoms with van der Waals surface area (Å²) in [4.78, 5) is 27.6. The lowest BCUT2D eigenvalue weighted by atomic mass is 10.1. The molecular formula is C26H35Cl2N3O4S. The molecule has 2 aromatic rings. The average Bonchev–Trinajstić information content (AvgIpc) is 2.77. The van der Waals surface area contributed by atoms with Crippen molar-refractivity contribution in [2.45, 2.75) is 66.1 Å². The van der Waals surface area contributed by atoms with Gasteiger partial charge in [0.25, 0.3) is 0 Å². The first-order chi connectivity index (χ1) is 16.7. The largest absolute Gasteiger partial charge is 0.352 e. The van der Waals surface area contributed by atoms with Gasteiger partial charge in [-0.2, -0.15) is 0 Å².